The summed E-state index contributed by atoms with van der Waals surface area (Å²) in [6.07, 6.45) is 3.54. The molecule has 2 atom stereocenters. The van der Waals surface area contributed by atoms with E-state index in [1.54, 1.807) is 6.07 Å². The normalized spacial score (nSPS) is 20.1. The zero-order valence-corrected chi connectivity index (χ0v) is 20.9. The zero-order valence-electron chi connectivity index (χ0n) is 20.9. The number of benzene rings is 2. The number of rotatable bonds is 7. The molecular formula is C28H38FN3O3. The molecule has 1 N–H and O–H groups in total. The number of hydrogen-bond acceptors (Lipinski definition) is 4. The number of ether oxygens (including phenoxy) is 1. The largest absolute Gasteiger partial charge is 0.367 e. The van der Waals surface area contributed by atoms with Gasteiger partial charge in [0.25, 0.3) is 5.91 Å². The van der Waals surface area contributed by atoms with Crippen LogP contribution in [-0.2, 0) is 20.9 Å². The van der Waals surface area contributed by atoms with Gasteiger partial charge in [-0.15, -0.1) is 0 Å². The molecule has 2 aromatic carbocycles. The van der Waals surface area contributed by atoms with E-state index in [-0.39, 0.29) is 31.0 Å². The molecule has 1 aliphatic heterocycles. The standard InChI is InChI=1S/C28H36FN3O3.H2/c1-19-17-31(15-16-32(19)28(34)22-11-7-8-12-22)18-23-20(2)25(14-13-24(23)29)30-27(33)26(35-3)21-9-5-4-6-10-21;/h4-6,9-10,13-14,19,22,26H,7-8,11-12,15-18H2,1-3H3,(H,30,33);1H/t19-,26-;/m0./s1. The van der Waals surface area contributed by atoms with Crippen LogP contribution in [-0.4, -0.2) is 54.4 Å². The molecule has 0 spiro atoms. The summed E-state index contributed by atoms with van der Waals surface area (Å²) in [4.78, 5) is 30.1. The Hall–Kier alpha value is -2.77. The molecule has 0 radical (unpaired) electrons. The van der Waals surface area contributed by atoms with Crippen molar-refractivity contribution < 1.29 is 20.1 Å². The number of nitrogens with one attached hydrogen (secondary N) is 1. The third-order valence-corrected chi connectivity index (χ3v) is 7.46. The molecule has 7 heteroatoms. The van der Waals surface area contributed by atoms with E-state index < -0.39 is 6.10 Å². The summed E-state index contributed by atoms with van der Waals surface area (Å²) in [6, 6.07) is 12.4. The van der Waals surface area contributed by atoms with Gasteiger partial charge in [-0.1, -0.05) is 43.2 Å². The second-order valence-electron chi connectivity index (χ2n) is 9.81. The van der Waals surface area contributed by atoms with Crippen molar-refractivity contribution in [3.63, 3.8) is 0 Å². The minimum Gasteiger partial charge on any atom is -0.367 e. The Morgan fingerprint density at radius 3 is 2.51 bits per heavy atom. The van der Waals surface area contributed by atoms with Crippen molar-refractivity contribution in [3.8, 4) is 0 Å². The molecule has 1 saturated carbocycles. The van der Waals surface area contributed by atoms with E-state index in [0.29, 0.717) is 43.0 Å². The second kappa shape index (κ2) is 11.3. The maximum absolute atomic E-state index is 14.9. The van der Waals surface area contributed by atoms with Gasteiger partial charge in [0, 0.05) is 57.9 Å². The highest BCUT2D eigenvalue weighted by atomic mass is 19.1. The first-order chi connectivity index (χ1) is 16.9. The lowest BCUT2D eigenvalue weighted by Crippen LogP contribution is -2.54. The van der Waals surface area contributed by atoms with Crippen molar-refractivity contribution in [2.75, 3.05) is 32.1 Å². The Morgan fingerprint density at radius 1 is 1.14 bits per heavy atom. The Bertz CT molecular complexity index is 1050. The summed E-state index contributed by atoms with van der Waals surface area (Å²) in [5.41, 5.74) is 2.61. The maximum Gasteiger partial charge on any atom is 0.258 e. The number of amides is 2. The van der Waals surface area contributed by atoms with Crippen LogP contribution in [0.5, 0.6) is 0 Å². The van der Waals surface area contributed by atoms with E-state index in [1.807, 2.05) is 42.2 Å². The van der Waals surface area contributed by atoms with Gasteiger partial charge in [0.05, 0.1) is 0 Å². The molecule has 2 aromatic rings. The van der Waals surface area contributed by atoms with Gasteiger partial charge in [-0.25, -0.2) is 4.39 Å². The van der Waals surface area contributed by atoms with Crippen LogP contribution < -0.4 is 5.32 Å². The second-order valence-corrected chi connectivity index (χ2v) is 9.81. The number of methoxy groups -OCH3 is 1. The average Bonchev–Trinajstić information content (AvgIpc) is 3.40. The van der Waals surface area contributed by atoms with E-state index >= 15 is 0 Å². The SMILES string of the molecule is CO[C@H](C(=O)Nc1ccc(F)c(CN2CCN(C(=O)C3CCCC3)[C@@H](C)C2)c1C)c1ccccc1.[HH]. The predicted molar refractivity (Wildman–Crippen MR) is 136 cm³/mol. The molecule has 0 aromatic heterocycles. The van der Waals surface area contributed by atoms with E-state index in [9.17, 15) is 14.0 Å². The minimum absolute atomic E-state index is 0. The van der Waals surface area contributed by atoms with Crippen LogP contribution >= 0.6 is 0 Å². The fourth-order valence-corrected chi connectivity index (χ4v) is 5.41. The van der Waals surface area contributed by atoms with Gasteiger partial charge in [0.2, 0.25) is 5.91 Å². The number of halogens is 1. The molecule has 2 amide bonds. The van der Waals surface area contributed by atoms with Crippen molar-refractivity contribution in [3.05, 3.63) is 65.0 Å². The Labute approximate surface area is 208 Å². The summed E-state index contributed by atoms with van der Waals surface area (Å²) < 4.78 is 20.3. The summed E-state index contributed by atoms with van der Waals surface area (Å²) in [6.45, 7) is 6.42. The monoisotopic (exact) mass is 483 g/mol. The molecule has 2 aliphatic rings. The number of piperazine rings is 1. The topological polar surface area (TPSA) is 61.9 Å². The lowest BCUT2D eigenvalue weighted by Gasteiger charge is -2.41. The smallest absolute Gasteiger partial charge is 0.258 e. The Kier molecular flexibility index (Phi) is 8.19. The third-order valence-electron chi connectivity index (χ3n) is 7.46. The van der Waals surface area contributed by atoms with Gasteiger partial charge in [0.15, 0.2) is 6.10 Å². The highest BCUT2D eigenvalue weighted by Gasteiger charge is 2.33. The number of carbonyl (C=O) groups excluding carboxylic acids is 2. The van der Waals surface area contributed by atoms with Crippen LogP contribution in [0.1, 0.15) is 56.8 Å². The molecule has 0 unspecified atom stereocenters. The summed E-state index contributed by atoms with van der Waals surface area (Å²) in [7, 11) is 1.50. The van der Waals surface area contributed by atoms with Gasteiger partial charge < -0.3 is 15.0 Å². The van der Waals surface area contributed by atoms with E-state index in [1.165, 1.54) is 13.2 Å². The summed E-state index contributed by atoms with van der Waals surface area (Å²) in [5.74, 6) is -0.125. The summed E-state index contributed by atoms with van der Waals surface area (Å²) >= 11 is 0. The number of hydrogen-bond donors (Lipinski definition) is 1. The van der Waals surface area contributed by atoms with Crippen LogP contribution in [0.4, 0.5) is 10.1 Å². The lowest BCUT2D eigenvalue weighted by atomic mass is 10.0. The van der Waals surface area contributed by atoms with Crippen LogP contribution in [0.3, 0.4) is 0 Å². The number of nitrogens with zero attached hydrogens (tertiary/aromatic N) is 2. The first-order valence-electron chi connectivity index (χ1n) is 12.6. The van der Waals surface area contributed by atoms with Crippen molar-refractivity contribution in [2.24, 2.45) is 5.92 Å². The van der Waals surface area contributed by atoms with Crippen LogP contribution in [0.2, 0.25) is 0 Å². The van der Waals surface area contributed by atoms with Gasteiger partial charge in [0.1, 0.15) is 5.82 Å². The molecular weight excluding hydrogens is 445 g/mol. The molecule has 1 saturated heterocycles. The van der Waals surface area contributed by atoms with Gasteiger partial charge in [-0.3, -0.25) is 14.5 Å². The van der Waals surface area contributed by atoms with Crippen molar-refractivity contribution >= 4 is 17.5 Å². The fraction of sp³-hybridized carbons (Fsp3) is 0.500. The van der Waals surface area contributed by atoms with E-state index in [0.717, 1.165) is 31.2 Å². The first-order valence-corrected chi connectivity index (χ1v) is 12.6. The number of carbonyl (C=O) groups is 2. The van der Waals surface area contributed by atoms with E-state index in [2.05, 4.69) is 17.1 Å². The highest BCUT2D eigenvalue weighted by Crippen LogP contribution is 2.29. The Balaban J connectivity index is 0.00000361. The van der Waals surface area contributed by atoms with Crippen molar-refractivity contribution in [2.45, 2.75) is 58.2 Å². The average molecular weight is 484 g/mol. The Morgan fingerprint density at radius 2 is 1.86 bits per heavy atom. The summed E-state index contributed by atoms with van der Waals surface area (Å²) in [5, 5.41) is 2.92. The van der Waals surface area contributed by atoms with Crippen molar-refractivity contribution in [1.29, 1.82) is 0 Å². The fourth-order valence-electron chi connectivity index (χ4n) is 5.41. The molecule has 190 valence electrons. The maximum atomic E-state index is 14.9. The van der Waals surface area contributed by atoms with Crippen LogP contribution in [0.25, 0.3) is 0 Å². The van der Waals surface area contributed by atoms with E-state index in [4.69, 9.17) is 4.74 Å². The molecule has 0 bridgehead atoms. The quantitative estimate of drug-likeness (QED) is 0.607. The minimum atomic E-state index is -0.754. The highest BCUT2D eigenvalue weighted by molar-refractivity contribution is 5.95. The van der Waals surface area contributed by atoms with Crippen molar-refractivity contribution in [1.82, 2.24) is 9.80 Å². The number of anilines is 1. The van der Waals surface area contributed by atoms with Gasteiger partial charge in [-0.05, 0) is 49.9 Å². The zero-order chi connectivity index (χ0) is 24.9. The molecule has 35 heavy (non-hydrogen) atoms. The molecule has 1 aliphatic carbocycles. The van der Waals surface area contributed by atoms with Gasteiger partial charge >= 0.3 is 0 Å². The molecule has 2 fully saturated rings. The predicted octanol–water partition coefficient (Wildman–Crippen LogP) is 4.93. The lowest BCUT2D eigenvalue weighted by molar-refractivity contribution is -0.140. The van der Waals surface area contributed by atoms with Crippen LogP contribution in [0, 0.1) is 18.7 Å². The molecule has 4 rings (SSSR count). The van der Waals surface area contributed by atoms with Gasteiger partial charge in [-0.2, -0.15) is 0 Å². The van der Waals surface area contributed by atoms with Crippen LogP contribution in [0.15, 0.2) is 42.5 Å². The molecule has 6 nitrogen and oxygen atoms in total. The third kappa shape index (κ3) is 5.73. The first kappa shape index (κ1) is 25.3. The molecule has 1 heterocycles.